The fraction of sp³-hybridized carbons (Fsp3) is 0.947. The molecule has 1 aliphatic carbocycles. The van der Waals surface area contributed by atoms with E-state index in [9.17, 15) is 0 Å². The van der Waals surface area contributed by atoms with E-state index in [2.05, 4.69) is 34.4 Å². The quantitative estimate of drug-likeness (QED) is 0.229. The smallest absolute Gasteiger partial charge is 0.190 e. The Morgan fingerprint density at radius 3 is 2.46 bits per heavy atom. The summed E-state index contributed by atoms with van der Waals surface area (Å²) < 4.78 is 11.1. The molecule has 1 saturated heterocycles. The number of hydrogen-bond donors (Lipinski definition) is 2. The lowest BCUT2D eigenvalue weighted by Gasteiger charge is -2.42. The predicted octanol–water partition coefficient (Wildman–Crippen LogP) is 2.48. The molecule has 154 valence electrons. The number of nitrogens with zero attached hydrogens (tertiary/aromatic N) is 2. The lowest BCUT2D eigenvalue weighted by Crippen LogP contribution is -2.48. The van der Waals surface area contributed by atoms with Gasteiger partial charge < -0.3 is 20.1 Å². The van der Waals surface area contributed by atoms with Crippen LogP contribution in [0.2, 0.25) is 0 Å². The number of morpholine rings is 1. The van der Waals surface area contributed by atoms with Crippen molar-refractivity contribution in [3.05, 3.63) is 0 Å². The summed E-state index contributed by atoms with van der Waals surface area (Å²) in [7, 11) is 3.64. The molecule has 6 nitrogen and oxygen atoms in total. The molecule has 7 heteroatoms. The highest BCUT2D eigenvalue weighted by Gasteiger charge is 2.36. The van der Waals surface area contributed by atoms with Gasteiger partial charge in [-0.15, -0.1) is 24.0 Å². The van der Waals surface area contributed by atoms with E-state index in [1.807, 2.05) is 7.05 Å². The summed E-state index contributed by atoms with van der Waals surface area (Å²) in [6, 6.07) is 0. The first-order valence-corrected chi connectivity index (χ1v) is 9.88. The predicted molar refractivity (Wildman–Crippen MR) is 119 cm³/mol. The summed E-state index contributed by atoms with van der Waals surface area (Å²) in [5.74, 6) is 0.924. The van der Waals surface area contributed by atoms with Crippen molar-refractivity contribution in [1.29, 1.82) is 0 Å². The summed E-state index contributed by atoms with van der Waals surface area (Å²) in [5.41, 5.74) is 0.410. The van der Waals surface area contributed by atoms with Crippen LogP contribution < -0.4 is 10.6 Å². The lowest BCUT2D eigenvalue weighted by molar-refractivity contribution is -0.0679. The van der Waals surface area contributed by atoms with Crippen LogP contribution in [0.1, 0.15) is 46.0 Å². The van der Waals surface area contributed by atoms with Crippen molar-refractivity contribution in [3.8, 4) is 0 Å². The maximum atomic E-state index is 5.79. The van der Waals surface area contributed by atoms with Gasteiger partial charge in [-0.25, -0.2) is 0 Å². The molecular weight excluding hydrogens is 443 g/mol. The van der Waals surface area contributed by atoms with Gasteiger partial charge in [0.15, 0.2) is 5.96 Å². The summed E-state index contributed by atoms with van der Waals surface area (Å²) in [4.78, 5) is 6.87. The molecule has 1 aliphatic heterocycles. The van der Waals surface area contributed by atoms with E-state index in [1.165, 1.54) is 19.3 Å². The van der Waals surface area contributed by atoms with E-state index in [0.717, 1.165) is 58.1 Å². The zero-order valence-electron chi connectivity index (χ0n) is 17.1. The molecule has 26 heavy (non-hydrogen) atoms. The minimum atomic E-state index is 0. The van der Waals surface area contributed by atoms with Gasteiger partial charge in [-0.05, 0) is 44.9 Å². The van der Waals surface area contributed by atoms with Gasteiger partial charge in [-0.2, -0.15) is 0 Å². The third-order valence-electron chi connectivity index (χ3n) is 5.54. The Balaban J connectivity index is 0.00000338. The highest BCUT2D eigenvalue weighted by Crippen LogP contribution is 2.43. The molecule has 1 heterocycles. The van der Waals surface area contributed by atoms with Crippen LogP contribution in [-0.4, -0.2) is 76.6 Å². The number of nitrogens with one attached hydrogen (secondary N) is 2. The first-order valence-electron chi connectivity index (χ1n) is 9.88. The topological polar surface area (TPSA) is 58.1 Å². The Bertz CT molecular complexity index is 408. The molecule has 0 aromatic rings. The van der Waals surface area contributed by atoms with Gasteiger partial charge >= 0.3 is 0 Å². The van der Waals surface area contributed by atoms with Gasteiger partial charge in [0.2, 0.25) is 0 Å². The summed E-state index contributed by atoms with van der Waals surface area (Å²) in [6.07, 6.45) is 6.89. The molecule has 2 aliphatic rings. The number of halogens is 1. The zero-order chi connectivity index (χ0) is 18.1. The van der Waals surface area contributed by atoms with Crippen molar-refractivity contribution < 1.29 is 9.47 Å². The number of aliphatic imine (C=N–C) groups is 1. The molecule has 0 aromatic heterocycles. The van der Waals surface area contributed by atoms with Crippen LogP contribution in [0.5, 0.6) is 0 Å². The highest BCUT2D eigenvalue weighted by atomic mass is 127. The summed E-state index contributed by atoms with van der Waals surface area (Å²) >= 11 is 0. The average molecular weight is 482 g/mol. The van der Waals surface area contributed by atoms with Crippen LogP contribution >= 0.6 is 24.0 Å². The Morgan fingerprint density at radius 1 is 1.23 bits per heavy atom. The standard InChI is InChI=1S/C19H38N4O2.HI/c1-16-13-23(14-17(2)25-16)11-6-10-21-18(20-3)22-15-19(7-5-8-19)9-12-24-4;/h16-17H,5-15H2,1-4H3,(H2,20,21,22);1H. The molecule has 0 bridgehead atoms. The molecule has 2 fully saturated rings. The number of guanidine groups is 1. The second kappa shape index (κ2) is 12.4. The Labute approximate surface area is 176 Å². The van der Waals surface area contributed by atoms with E-state index in [4.69, 9.17) is 9.47 Å². The summed E-state index contributed by atoms with van der Waals surface area (Å²) in [6.45, 7) is 10.3. The average Bonchev–Trinajstić information content (AvgIpc) is 2.54. The Morgan fingerprint density at radius 2 is 1.92 bits per heavy atom. The lowest BCUT2D eigenvalue weighted by atomic mass is 9.67. The van der Waals surface area contributed by atoms with Crippen LogP contribution in [-0.2, 0) is 9.47 Å². The van der Waals surface area contributed by atoms with E-state index in [1.54, 1.807) is 7.11 Å². The van der Waals surface area contributed by atoms with Gasteiger partial charge in [0.05, 0.1) is 12.2 Å². The van der Waals surface area contributed by atoms with Crippen LogP contribution in [0.15, 0.2) is 4.99 Å². The second-order valence-electron chi connectivity index (χ2n) is 7.82. The number of ether oxygens (including phenoxy) is 2. The van der Waals surface area contributed by atoms with Gasteiger partial charge in [0.1, 0.15) is 0 Å². The van der Waals surface area contributed by atoms with Crippen molar-refractivity contribution in [2.45, 2.75) is 58.2 Å². The van der Waals surface area contributed by atoms with Crippen LogP contribution in [0.3, 0.4) is 0 Å². The maximum Gasteiger partial charge on any atom is 0.190 e. The van der Waals surface area contributed by atoms with Gasteiger partial charge in [-0.3, -0.25) is 9.89 Å². The molecule has 0 spiro atoms. The maximum absolute atomic E-state index is 5.79. The van der Waals surface area contributed by atoms with Crippen molar-refractivity contribution >= 4 is 29.9 Å². The van der Waals surface area contributed by atoms with Crippen molar-refractivity contribution in [2.24, 2.45) is 10.4 Å². The SMILES string of the molecule is CN=C(NCCCN1CC(C)OC(C)C1)NCC1(CCOC)CCC1.I. The van der Waals surface area contributed by atoms with Crippen LogP contribution in [0.25, 0.3) is 0 Å². The minimum absolute atomic E-state index is 0. The van der Waals surface area contributed by atoms with E-state index >= 15 is 0 Å². The van der Waals surface area contributed by atoms with Crippen LogP contribution in [0, 0.1) is 5.41 Å². The van der Waals surface area contributed by atoms with Gasteiger partial charge in [0, 0.05) is 53.5 Å². The Hall–Kier alpha value is -0.120. The van der Waals surface area contributed by atoms with Crippen molar-refractivity contribution in [3.63, 3.8) is 0 Å². The third kappa shape index (κ3) is 7.86. The number of rotatable bonds is 9. The van der Waals surface area contributed by atoms with E-state index in [-0.39, 0.29) is 24.0 Å². The fourth-order valence-electron chi connectivity index (χ4n) is 3.98. The van der Waals surface area contributed by atoms with Gasteiger partial charge in [0.25, 0.3) is 0 Å². The normalized spacial score (nSPS) is 25.9. The molecule has 0 radical (unpaired) electrons. The van der Waals surface area contributed by atoms with E-state index < -0.39 is 0 Å². The third-order valence-corrected chi connectivity index (χ3v) is 5.54. The minimum Gasteiger partial charge on any atom is -0.385 e. The van der Waals surface area contributed by atoms with Crippen molar-refractivity contribution in [2.75, 3.05) is 53.5 Å². The fourth-order valence-corrected chi connectivity index (χ4v) is 3.98. The molecular formula is C19H39IN4O2. The largest absolute Gasteiger partial charge is 0.385 e. The molecule has 2 N–H and O–H groups in total. The monoisotopic (exact) mass is 482 g/mol. The molecule has 0 aromatic carbocycles. The molecule has 1 saturated carbocycles. The zero-order valence-corrected chi connectivity index (χ0v) is 19.4. The summed E-state index contributed by atoms with van der Waals surface area (Å²) in [5, 5.41) is 6.98. The first-order chi connectivity index (χ1) is 12.1. The number of methoxy groups -OCH3 is 1. The highest BCUT2D eigenvalue weighted by molar-refractivity contribution is 14.0. The first kappa shape index (κ1) is 23.9. The Kier molecular flexibility index (Phi) is 11.4. The van der Waals surface area contributed by atoms with E-state index in [0.29, 0.717) is 17.6 Å². The second-order valence-corrected chi connectivity index (χ2v) is 7.82. The number of hydrogen-bond acceptors (Lipinski definition) is 4. The molecule has 2 unspecified atom stereocenters. The molecule has 2 rings (SSSR count). The molecule has 2 atom stereocenters. The van der Waals surface area contributed by atoms with Crippen molar-refractivity contribution in [1.82, 2.24) is 15.5 Å². The molecule has 0 amide bonds. The van der Waals surface area contributed by atoms with Crippen LogP contribution in [0.4, 0.5) is 0 Å². The van der Waals surface area contributed by atoms with Gasteiger partial charge in [-0.1, -0.05) is 6.42 Å².